The Morgan fingerprint density at radius 1 is 1.37 bits per heavy atom. The van der Waals surface area contributed by atoms with E-state index in [1.165, 1.54) is 12.1 Å². The third-order valence-corrected chi connectivity index (χ3v) is 8.06. The number of sulfone groups is 1. The van der Waals surface area contributed by atoms with Gasteiger partial charge in [-0.15, -0.1) is 11.3 Å². The van der Waals surface area contributed by atoms with Crippen molar-refractivity contribution >= 4 is 44.8 Å². The van der Waals surface area contributed by atoms with E-state index in [0.29, 0.717) is 24.2 Å². The van der Waals surface area contributed by atoms with Crippen LogP contribution in [0.3, 0.4) is 0 Å². The molecule has 0 radical (unpaired) electrons. The topological polar surface area (TPSA) is 144 Å². The van der Waals surface area contributed by atoms with E-state index in [4.69, 9.17) is 10.5 Å². The molecule has 1 heterocycles. The first-order valence-corrected chi connectivity index (χ1v) is 13.4. The number of halogens is 2. The summed E-state index contributed by atoms with van der Waals surface area (Å²) in [7, 11) is -9.02. The van der Waals surface area contributed by atoms with Gasteiger partial charge >= 0.3 is 13.3 Å². The average molecular weight is 483 g/mol. The van der Waals surface area contributed by atoms with Crippen molar-refractivity contribution in [2.75, 3.05) is 18.6 Å². The molecule has 4 N–H and O–H groups in total. The highest BCUT2D eigenvalue weighted by Gasteiger charge is 2.54. The first kappa shape index (κ1) is 23.1. The Labute approximate surface area is 175 Å². The van der Waals surface area contributed by atoms with Gasteiger partial charge in [0.05, 0.1) is 21.9 Å². The standard InChI is InChI=1S/C17H20F2NO7PS2/c1-30(25,26)6-2-5-27-12-8-10(16(20)21)7-11-13(9-3-4-9)15(29-14(11)12)17(18,19)28(22,23)24/h7-9H,2-6H2,1H3,(H2,20,21)(H2,22,23,24). The largest absolute Gasteiger partial charge is 0.492 e. The fraction of sp³-hybridized carbons (Fsp3) is 0.471. The number of amides is 1. The zero-order valence-electron chi connectivity index (χ0n) is 15.8. The molecule has 0 saturated heterocycles. The Morgan fingerprint density at radius 3 is 2.50 bits per heavy atom. The van der Waals surface area contributed by atoms with Gasteiger partial charge in [-0.1, -0.05) is 0 Å². The number of fused-ring (bicyclic) bond motifs is 1. The van der Waals surface area contributed by atoms with Crippen LogP contribution in [-0.2, 0) is 20.1 Å². The Balaban J connectivity index is 2.13. The summed E-state index contributed by atoms with van der Waals surface area (Å²) in [6.45, 7) is -0.0642. The fourth-order valence-corrected chi connectivity index (χ4v) is 5.80. The third-order valence-electron chi connectivity index (χ3n) is 4.62. The van der Waals surface area contributed by atoms with Gasteiger partial charge in [0.1, 0.15) is 15.6 Å². The quantitative estimate of drug-likeness (QED) is 0.367. The van der Waals surface area contributed by atoms with Crippen LogP contribution in [-0.4, -0.2) is 42.7 Å². The van der Waals surface area contributed by atoms with E-state index in [-0.39, 0.29) is 51.7 Å². The van der Waals surface area contributed by atoms with Gasteiger partial charge < -0.3 is 20.3 Å². The molecule has 1 aromatic heterocycles. The molecule has 0 bridgehead atoms. The van der Waals surface area contributed by atoms with Crippen molar-refractivity contribution in [2.24, 2.45) is 5.73 Å². The highest BCUT2D eigenvalue weighted by molar-refractivity contribution is 7.90. The smallest absolute Gasteiger partial charge is 0.400 e. The van der Waals surface area contributed by atoms with E-state index in [2.05, 4.69) is 0 Å². The first-order valence-electron chi connectivity index (χ1n) is 8.87. The average Bonchev–Trinajstić information content (AvgIpc) is 3.35. The zero-order valence-corrected chi connectivity index (χ0v) is 18.3. The molecule has 3 rings (SSSR count). The lowest BCUT2D eigenvalue weighted by Gasteiger charge is -2.17. The minimum Gasteiger partial charge on any atom is -0.492 e. The summed E-state index contributed by atoms with van der Waals surface area (Å²) >= 11 is 0.499. The maximum atomic E-state index is 14.6. The van der Waals surface area contributed by atoms with Crippen molar-refractivity contribution in [1.82, 2.24) is 0 Å². The predicted octanol–water partition coefficient (Wildman–Crippen LogP) is 2.92. The van der Waals surface area contributed by atoms with Crippen LogP contribution in [0.4, 0.5) is 8.78 Å². The van der Waals surface area contributed by atoms with E-state index >= 15 is 0 Å². The number of carbonyl (C=O) groups excluding carboxylic acids is 1. The van der Waals surface area contributed by atoms with E-state index in [1.54, 1.807) is 0 Å². The van der Waals surface area contributed by atoms with Gasteiger partial charge in [0.25, 0.3) is 0 Å². The number of carbonyl (C=O) groups is 1. The highest BCUT2D eigenvalue weighted by Crippen LogP contribution is 2.64. The number of thiophene rings is 1. The van der Waals surface area contributed by atoms with Crippen molar-refractivity contribution in [3.8, 4) is 5.75 Å². The second-order valence-electron chi connectivity index (χ2n) is 7.25. The summed E-state index contributed by atoms with van der Waals surface area (Å²) in [5.74, 6) is -1.25. The van der Waals surface area contributed by atoms with Crippen LogP contribution >= 0.6 is 18.9 Å². The van der Waals surface area contributed by atoms with Crippen molar-refractivity contribution in [2.45, 2.75) is 30.8 Å². The van der Waals surface area contributed by atoms with Crippen LogP contribution in [0.5, 0.6) is 5.75 Å². The Bertz CT molecular complexity index is 1150. The number of ether oxygens (including phenoxy) is 1. The van der Waals surface area contributed by atoms with Crippen LogP contribution in [0.1, 0.15) is 46.0 Å². The lowest BCUT2D eigenvalue weighted by molar-refractivity contribution is 0.0594. The number of alkyl halides is 2. The molecule has 166 valence electrons. The maximum absolute atomic E-state index is 14.6. The number of hydrogen-bond acceptors (Lipinski definition) is 6. The molecular formula is C17H20F2NO7PS2. The summed E-state index contributed by atoms with van der Waals surface area (Å²) in [5.41, 5.74) is 1.03. The minimum atomic E-state index is -5.80. The van der Waals surface area contributed by atoms with Gasteiger partial charge in [0, 0.05) is 17.2 Å². The molecule has 1 aliphatic rings. The lowest BCUT2D eigenvalue weighted by Crippen LogP contribution is -2.14. The van der Waals surface area contributed by atoms with E-state index in [1.807, 2.05) is 0 Å². The molecule has 30 heavy (non-hydrogen) atoms. The molecule has 13 heteroatoms. The molecule has 0 spiro atoms. The first-order chi connectivity index (χ1) is 13.7. The van der Waals surface area contributed by atoms with Crippen molar-refractivity contribution in [1.29, 1.82) is 0 Å². The second kappa shape index (κ2) is 7.83. The summed E-state index contributed by atoms with van der Waals surface area (Å²) in [4.78, 5) is 29.4. The number of primary amides is 1. The molecule has 1 saturated carbocycles. The Hall–Kier alpha value is -1.59. The molecule has 1 amide bonds. The van der Waals surface area contributed by atoms with Gasteiger partial charge in [-0.2, -0.15) is 8.78 Å². The molecule has 2 aromatic rings. The SMILES string of the molecule is CS(=O)(=O)CCCOc1cc(C(N)=O)cc2c(C3CC3)c(C(F)(F)P(=O)(O)O)sc12. The number of rotatable bonds is 9. The van der Waals surface area contributed by atoms with Crippen LogP contribution in [0.15, 0.2) is 12.1 Å². The van der Waals surface area contributed by atoms with Crippen molar-refractivity contribution < 1.29 is 41.1 Å². The highest BCUT2D eigenvalue weighted by atomic mass is 32.2. The van der Waals surface area contributed by atoms with E-state index in [9.17, 15) is 36.3 Å². The molecule has 0 unspecified atom stereocenters. The monoisotopic (exact) mass is 483 g/mol. The van der Waals surface area contributed by atoms with Crippen LogP contribution in [0.25, 0.3) is 10.1 Å². The molecule has 0 atom stereocenters. The zero-order chi connectivity index (χ0) is 22.5. The molecule has 8 nitrogen and oxygen atoms in total. The second-order valence-corrected chi connectivity index (χ2v) is 12.2. The normalized spacial score (nSPS) is 15.5. The van der Waals surface area contributed by atoms with Crippen molar-refractivity contribution in [3.05, 3.63) is 28.1 Å². The lowest BCUT2D eigenvalue weighted by atomic mass is 10.0. The predicted molar refractivity (Wildman–Crippen MR) is 108 cm³/mol. The minimum absolute atomic E-state index is 0.00800. The number of benzene rings is 1. The van der Waals surface area contributed by atoms with Crippen LogP contribution < -0.4 is 10.5 Å². The summed E-state index contributed by atoms with van der Waals surface area (Å²) in [6, 6.07) is 2.59. The number of hydrogen-bond donors (Lipinski definition) is 3. The third kappa shape index (κ3) is 4.67. The summed E-state index contributed by atoms with van der Waals surface area (Å²) in [5, 5.41) is 0.236. The summed E-state index contributed by atoms with van der Waals surface area (Å²) < 4.78 is 69.0. The molecule has 1 fully saturated rings. The van der Waals surface area contributed by atoms with E-state index in [0.717, 1.165) is 6.26 Å². The van der Waals surface area contributed by atoms with E-state index < -0.39 is 33.9 Å². The van der Waals surface area contributed by atoms with Crippen LogP contribution in [0.2, 0.25) is 0 Å². The summed E-state index contributed by atoms with van der Waals surface area (Å²) in [6.07, 6.45) is 2.34. The van der Waals surface area contributed by atoms with Gasteiger partial charge in [-0.25, -0.2) is 8.42 Å². The molecule has 1 aromatic carbocycles. The number of nitrogens with two attached hydrogens (primary N) is 1. The van der Waals surface area contributed by atoms with Crippen LogP contribution in [0, 0.1) is 0 Å². The van der Waals surface area contributed by atoms with Crippen molar-refractivity contribution in [3.63, 3.8) is 0 Å². The van der Waals surface area contributed by atoms with Gasteiger partial charge in [-0.05, 0) is 42.9 Å². The maximum Gasteiger partial charge on any atom is 0.400 e. The molecular weight excluding hydrogens is 463 g/mol. The Morgan fingerprint density at radius 2 is 2.00 bits per heavy atom. The fourth-order valence-electron chi connectivity index (χ4n) is 3.07. The van der Waals surface area contributed by atoms with Gasteiger partial charge in [-0.3, -0.25) is 9.36 Å². The van der Waals surface area contributed by atoms with Gasteiger partial charge in [0.2, 0.25) is 5.91 Å². The Kier molecular flexibility index (Phi) is 6.02. The molecule has 1 aliphatic carbocycles. The molecule has 0 aliphatic heterocycles. The van der Waals surface area contributed by atoms with Gasteiger partial charge in [0.15, 0.2) is 0 Å².